The van der Waals surface area contributed by atoms with E-state index in [9.17, 15) is 0 Å². The van der Waals surface area contributed by atoms with Crippen LogP contribution in [0.4, 0.5) is 0 Å². The minimum Gasteiger partial charge on any atom is -0.454 e. The molecule has 0 fully saturated rings. The third kappa shape index (κ3) is 1.43. The molecule has 1 aliphatic heterocycles. The summed E-state index contributed by atoms with van der Waals surface area (Å²) in [5.41, 5.74) is 0.824. The average Bonchev–Trinajstić information content (AvgIpc) is 2.68. The van der Waals surface area contributed by atoms with E-state index in [0.29, 0.717) is 5.02 Å². The van der Waals surface area contributed by atoms with Crippen LogP contribution in [-0.2, 0) is 0 Å². The maximum atomic E-state index is 6.18. The Bertz CT molecular complexity index is 559. The molecule has 0 bridgehead atoms. The van der Waals surface area contributed by atoms with Gasteiger partial charge in [-0.3, -0.25) is 4.98 Å². The van der Waals surface area contributed by atoms with Gasteiger partial charge in [0.2, 0.25) is 6.79 Å². The molecule has 0 radical (unpaired) electrons. The van der Waals surface area contributed by atoms with Crippen LogP contribution in [0.25, 0.3) is 10.9 Å². The van der Waals surface area contributed by atoms with Gasteiger partial charge in [0, 0.05) is 17.6 Å². The van der Waals surface area contributed by atoms with Crippen molar-refractivity contribution in [1.29, 1.82) is 0 Å². The van der Waals surface area contributed by atoms with Crippen LogP contribution in [0, 0.1) is 3.57 Å². The third-order valence-electron chi connectivity index (χ3n) is 2.25. The molecule has 0 saturated heterocycles. The van der Waals surface area contributed by atoms with E-state index in [1.54, 1.807) is 6.20 Å². The lowest BCUT2D eigenvalue weighted by Crippen LogP contribution is -1.92. The number of aromatic nitrogens is 1. The molecule has 0 aliphatic carbocycles. The summed E-state index contributed by atoms with van der Waals surface area (Å²) in [5.74, 6) is 1.46. The number of nitrogens with zero attached hydrogens (tertiary/aromatic N) is 1. The minimum atomic E-state index is 0.264. The van der Waals surface area contributed by atoms with Crippen molar-refractivity contribution >= 4 is 45.1 Å². The quantitative estimate of drug-likeness (QED) is 0.694. The molecule has 0 unspecified atom stereocenters. The van der Waals surface area contributed by atoms with Crippen LogP contribution in [0.1, 0.15) is 0 Å². The molecular weight excluding hydrogens is 328 g/mol. The van der Waals surface area contributed by atoms with Gasteiger partial charge in [-0.05, 0) is 28.7 Å². The molecule has 2 heterocycles. The summed E-state index contributed by atoms with van der Waals surface area (Å²) in [6.07, 6.45) is 1.74. The standard InChI is InChI=1S/C10H5ClINO2/c11-10-5-1-8-9(15-4-14-8)2-7(5)13-3-6(10)12/h1-3H,4H2. The Morgan fingerprint density at radius 2 is 2.00 bits per heavy atom. The highest BCUT2D eigenvalue weighted by Gasteiger charge is 2.16. The van der Waals surface area contributed by atoms with E-state index in [1.165, 1.54) is 0 Å². The van der Waals surface area contributed by atoms with E-state index < -0.39 is 0 Å². The molecule has 1 aliphatic rings. The van der Waals surface area contributed by atoms with Gasteiger partial charge in [-0.15, -0.1) is 0 Å². The molecule has 5 heteroatoms. The summed E-state index contributed by atoms with van der Waals surface area (Å²) < 4.78 is 11.5. The van der Waals surface area contributed by atoms with Crippen molar-refractivity contribution in [3.05, 3.63) is 26.9 Å². The zero-order valence-corrected chi connectivity index (χ0v) is 10.4. The molecule has 0 N–H and O–H groups in total. The van der Waals surface area contributed by atoms with Crippen LogP contribution in [0.5, 0.6) is 11.5 Å². The second-order valence-corrected chi connectivity index (χ2v) is 4.68. The number of hydrogen-bond donors (Lipinski definition) is 0. The van der Waals surface area contributed by atoms with Crippen molar-refractivity contribution < 1.29 is 9.47 Å². The first-order chi connectivity index (χ1) is 7.25. The summed E-state index contributed by atoms with van der Waals surface area (Å²) >= 11 is 8.34. The first-order valence-corrected chi connectivity index (χ1v) is 5.75. The lowest BCUT2D eigenvalue weighted by molar-refractivity contribution is 0.174. The maximum Gasteiger partial charge on any atom is 0.231 e. The Morgan fingerprint density at radius 3 is 2.80 bits per heavy atom. The predicted molar refractivity (Wildman–Crippen MR) is 65.6 cm³/mol. The largest absolute Gasteiger partial charge is 0.454 e. The van der Waals surface area contributed by atoms with Gasteiger partial charge in [0.05, 0.1) is 14.1 Å². The molecule has 0 amide bonds. The zero-order valence-electron chi connectivity index (χ0n) is 7.46. The Kier molecular flexibility index (Phi) is 2.14. The minimum absolute atomic E-state index is 0.264. The average molecular weight is 334 g/mol. The van der Waals surface area contributed by atoms with E-state index in [1.807, 2.05) is 12.1 Å². The van der Waals surface area contributed by atoms with Crippen molar-refractivity contribution in [1.82, 2.24) is 4.98 Å². The fourth-order valence-electron chi connectivity index (χ4n) is 1.53. The summed E-state index contributed by atoms with van der Waals surface area (Å²) in [7, 11) is 0. The summed E-state index contributed by atoms with van der Waals surface area (Å²) in [6.45, 7) is 0.264. The van der Waals surface area contributed by atoms with E-state index in [4.69, 9.17) is 21.1 Å². The number of rotatable bonds is 0. The third-order valence-corrected chi connectivity index (χ3v) is 3.80. The van der Waals surface area contributed by atoms with Gasteiger partial charge in [-0.25, -0.2) is 0 Å². The van der Waals surface area contributed by atoms with Gasteiger partial charge < -0.3 is 9.47 Å². The molecule has 2 aromatic rings. The lowest BCUT2D eigenvalue weighted by Gasteiger charge is -2.03. The smallest absolute Gasteiger partial charge is 0.231 e. The topological polar surface area (TPSA) is 31.4 Å². The molecule has 15 heavy (non-hydrogen) atoms. The van der Waals surface area contributed by atoms with Crippen LogP contribution in [-0.4, -0.2) is 11.8 Å². The number of hydrogen-bond acceptors (Lipinski definition) is 3. The molecule has 76 valence electrons. The second-order valence-electron chi connectivity index (χ2n) is 3.14. The number of fused-ring (bicyclic) bond motifs is 2. The molecule has 3 rings (SSSR count). The van der Waals surface area contributed by atoms with Gasteiger partial charge >= 0.3 is 0 Å². The van der Waals surface area contributed by atoms with E-state index in [2.05, 4.69) is 27.6 Å². The highest BCUT2D eigenvalue weighted by Crippen LogP contribution is 2.38. The highest BCUT2D eigenvalue weighted by atomic mass is 127. The Labute approximate surface area is 104 Å². The SMILES string of the molecule is Clc1c(I)cnc2cc3c(cc12)OCO3. The Morgan fingerprint density at radius 1 is 1.27 bits per heavy atom. The maximum absolute atomic E-state index is 6.18. The summed E-state index contributed by atoms with van der Waals surface area (Å²) in [6, 6.07) is 3.72. The molecule has 1 aromatic heterocycles. The van der Waals surface area contributed by atoms with Crippen LogP contribution >= 0.6 is 34.2 Å². The number of benzene rings is 1. The number of halogens is 2. The molecular formula is C10H5ClINO2. The van der Waals surface area contributed by atoms with E-state index in [0.717, 1.165) is 26.0 Å². The number of ether oxygens (including phenoxy) is 2. The van der Waals surface area contributed by atoms with Crippen LogP contribution < -0.4 is 9.47 Å². The van der Waals surface area contributed by atoms with Crippen LogP contribution in [0.3, 0.4) is 0 Å². The fourth-order valence-corrected chi connectivity index (χ4v) is 2.16. The first-order valence-electron chi connectivity index (χ1n) is 4.29. The summed E-state index contributed by atoms with van der Waals surface area (Å²) in [4.78, 5) is 4.29. The normalized spacial score (nSPS) is 13.5. The van der Waals surface area contributed by atoms with Crippen molar-refractivity contribution in [3.8, 4) is 11.5 Å². The fraction of sp³-hybridized carbons (Fsp3) is 0.100. The van der Waals surface area contributed by atoms with Crippen molar-refractivity contribution in [2.75, 3.05) is 6.79 Å². The van der Waals surface area contributed by atoms with Crippen molar-refractivity contribution in [2.24, 2.45) is 0 Å². The van der Waals surface area contributed by atoms with Gasteiger partial charge in [0.1, 0.15) is 0 Å². The highest BCUT2D eigenvalue weighted by molar-refractivity contribution is 14.1. The van der Waals surface area contributed by atoms with Gasteiger partial charge in [0.15, 0.2) is 11.5 Å². The summed E-state index contributed by atoms with van der Waals surface area (Å²) in [5, 5.41) is 1.60. The molecule has 3 nitrogen and oxygen atoms in total. The molecule has 0 atom stereocenters. The van der Waals surface area contributed by atoms with Gasteiger partial charge in [0.25, 0.3) is 0 Å². The Balaban J connectivity index is 2.38. The molecule has 0 saturated carbocycles. The van der Waals surface area contributed by atoms with E-state index in [-0.39, 0.29) is 6.79 Å². The van der Waals surface area contributed by atoms with Crippen molar-refractivity contribution in [3.63, 3.8) is 0 Å². The van der Waals surface area contributed by atoms with Gasteiger partial charge in [-0.1, -0.05) is 11.6 Å². The Hall–Kier alpha value is -0.750. The number of pyridine rings is 1. The molecule has 1 aromatic carbocycles. The van der Waals surface area contributed by atoms with E-state index >= 15 is 0 Å². The predicted octanol–water partition coefficient (Wildman–Crippen LogP) is 3.22. The van der Waals surface area contributed by atoms with Crippen LogP contribution in [0.2, 0.25) is 5.02 Å². The lowest BCUT2D eigenvalue weighted by atomic mass is 10.2. The molecule has 0 spiro atoms. The van der Waals surface area contributed by atoms with Crippen molar-refractivity contribution in [2.45, 2.75) is 0 Å². The first kappa shape index (κ1) is 9.47. The van der Waals surface area contributed by atoms with Crippen LogP contribution in [0.15, 0.2) is 18.3 Å². The zero-order chi connectivity index (χ0) is 10.4. The van der Waals surface area contributed by atoms with Gasteiger partial charge in [-0.2, -0.15) is 0 Å². The monoisotopic (exact) mass is 333 g/mol. The second kappa shape index (κ2) is 3.38.